The summed E-state index contributed by atoms with van der Waals surface area (Å²) in [6.45, 7) is 3.61. The highest BCUT2D eigenvalue weighted by molar-refractivity contribution is 5.81. The van der Waals surface area contributed by atoms with E-state index >= 15 is 0 Å². The molecule has 0 saturated carbocycles. The zero-order valence-electron chi connectivity index (χ0n) is 8.29. The van der Waals surface area contributed by atoms with Crippen LogP contribution < -0.4 is 5.48 Å². The molecular weight excluding hydrogens is 172 g/mol. The van der Waals surface area contributed by atoms with Crippen LogP contribution in [0.15, 0.2) is 0 Å². The van der Waals surface area contributed by atoms with E-state index in [1.54, 1.807) is 6.92 Å². The summed E-state index contributed by atoms with van der Waals surface area (Å²) in [7, 11) is 3.91. The van der Waals surface area contributed by atoms with E-state index in [1.807, 2.05) is 19.0 Å². The van der Waals surface area contributed by atoms with Crippen molar-refractivity contribution in [2.24, 2.45) is 0 Å². The molecule has 0 aromatic heterocycles. The Morgan fingerprint density at radius 2 is 2.31 bits per heavy atom. The second kappa shape index (κ2) is 4.04. The summed E-state index contributed by atoms with van der Waals surface area (Å²) >= 11 is 0. The minimum Gasteiger partial charge on any atom is -0.368 e. The van der Waals surface area contributed by atoms with Gasteiger partial charge in [0.25, 0.3) is 0 Å². The Balaban J connectivity index is 2.03. The number of rotatable bonds is 5. The Morgan fingerprint density at radius 3 is 2.77 bits per heavy atom. The first kappa shape index (κ1) is 10.4. The lowest BCUT2D eigenvalue weighted by Gasteiger charge is -2.10. The molecule has 0 aliphatic carbocycles. The summed E-state index contributed by atoms with van der Waals surface area (Å²) in [5, 5.41) is 0. The summed E-state index contributed by atoms with van der Waals surface area (Å²) in [6.07, 6.45) is 0. The fourth-order valence-corrected chi connectivity index (χ4v) is 0.720. The minimum atomic E-state index is -0.689. The van der Waals surface area contributed by atoms with Crippen molar-refractivity contribution in [3.8, 4) is 0 Å². The molecule has 1 aliphatic rings. The highest BCUT2D eigenvalue weighted by Crippen LogP contribution is 2.26. The fraction of sp³-hybridized carbons (Fsp3) is 0.875. The Hall–Kier alpha value is -0.650. The maximum Gasteiger partial charge on any atom is 0.359 e. The summed E-state index contributed by atoms with van der Waals surface area (Å²) in [5.41, 5.74) is 1.90. The quantitative estimate of drug-likeness (QED) is 0.354. The molecule has 0 aromatic carbocycles. The Bertz CT molecular complexity index is 190. The molecule has 0 radical (unpaired) electrons. The smallest absolute Gasteiger partial charge is 0.359 e. The molecule has 1 N–H and O–H groups in total. The number of carbonyl (C=O) groups is 1. The van der Waals surface area contributed by atoms with Crippen LogP contribution in [0.5, 0.6) is 0 Å². The van der Waals surface area contributed by atoms with E-state index in [4.69, 9.17) is 9.57 Å². The third-order valence-corrected chi connectivity index (χ3v) is 1.84. The van der Waals surface area contributed by atoms with Gasteiger partial charge >= 0.3 is 5.97 Å². The molecule has 0 aromatic rings. The van der Waals surface area contributed by atoms with Gasteiger partial charge in [0.15, 0.2) is 5.60 Å². The molecule has 0 bridgehead atoms. The summed E-state index contributed by atoms with van der Waals surface area (Å²) in [5.74, 6) is -0.341. The first-order valence-corrected chi connectivity index (χ1v) is 4.27. The summed E-state index contributed by atoms with van der Waals surface area (Å²) in [4.78, 5) is 17.9. The van der Waals surface area contributed by atoms with Crippen LogP contribution in [0.1, 0.15) is 6.92 Å². The van der Waals surface area contributed by atoms with Crippen molar-refractivity contribution in [3.63, 3.8) is 0 Å². The van der Waals surface area contributed by atoms with E-state index in [0.717, 1.165) is 6.54 Å². The van der Waals surface area contributed by atoms with E-state index in [-0.39, 0.29) is 5.97 Å². The molecule has 1 heterocycles. The molecule has 1 saturated heterocycles. The molecule has 5 nitrogen and oxygen atoms in total. The number of likely N-dealkylation sites (N-methyl/N-ethyl adjacent to an activating group) is 1. The summed E-state index contributed by atoms with van der Waals surface area (Å²) in [6, 6.07) is 0. The molecule has 1 fully saturated rings. The van der Waals surface area contributed by atoms with Crippen LogP contribution in [0.25, 0.3) is 0 Å². The van der Waals surface area contributed by atoms with Gasteiger partial charge in [-0.25, -0.2) is 4.79 Å². The average Bonchev–Trinajstić information content (AvgIpc) is 2.78. The van der Waals surface area contributed by atoms with Crippen molar-refractivity contribution in [2.45, 2.75) is 12.5 Å². The first-order valence-electron chi connectivity index (χ1n) is 4.27. The Morgan fingerprint density at radius 1 is 1.69 bits per heavy atom. The normalized spacial score (nSPS) is 26.2. The number of hydrogen-bond donors (Lipinski definition) is 1. The maximum atomic E-state index is 11.1. The monoisotopic (exact) mass is 188 g/mol. The van der Waals surface area contributed by atoms with Gasteiger partial charge in [-0.3, -0.25) is 0 Å². The number of nitrogens with one attached hydrogen (secondary N) is 1. The fourth-order valence-electron chi connectivity index (χ4n) is 0.720. The highest BCUT2D eigenvalue weighted by atomic mass is 16.7. The van der Waals surface area contributed by atoms with Crippen molar-refractivity contribution in [1.82, 2.24) is 10.4 Å². The maximum absolute atomic E-state index is 11.1. The van der Waals surface area contributed by atoms with Crippen LogP contribution in [0.3, 0.4) is 0 Å². The van der Waals surface area contributed by atoms with Gasteiger partial charge in [-0.1, -0.05) is 0 Å². The van der Waals surface area contributed by atoms with Gasteiger partial charge < -0.3 is 14.5 Å². The number of epoxide rings is 1. The lowest BCUT2D eigenvalue weighted by atomic mass is 10.2. The zero-order chi connectivity index (χ0) is 9.90. The molecule has 0 spiro atoms. The lowest BCUT2D eigenvalue weighted by Crippen LogP contribution is -2.33. The number of nitrogens with zero attached hydrogens (tertiary/aromatic N) is 1. The molecule has 1 atom stereocenters. The van der Waals surface area contributed by atoms with Crippen molar-refractivity contribution in [3.05, 3.63) is 0 Å². The molecule has 0 amide bonds. The van der Waals surface area contributed by atoms with Gasteiger partial charge in [0.05, 0.1) is 6.61 Å². The van der Waals surface area contributed by atoms with Crippen LogP contribution in [0.2, 0.25) is 0 Å². The van der Waals surface area contributed by atoms with Gasteiger partial charge in [0.1, 0.15) is 0 Å². The van der Waals surface area contributed by atoms with Gasteiger partial charge in [-0.15, -0.1) is 0 Å². The van der Waals surface area contributed by atoms with E-state index < -0.39 is 5.60 Å². The van der Waals surface area contributed by atoms with Gasteiger partial charge in [-0.05, 0) is 21.0 Å². The van der Waals surface area contributed by atoms with Gasteiger partial charge in [0, 0.05) is 13.1 Å². The number of hydroxylamine groups is 1. The number of ether oxygens (including phenoxy) is 1. The van der Waals surface area contributed by atoms with Crippen LogP contribution in [-0.4, -0.2) is 50.3 Å². The molecule has 1 rings (SSSR count). The third-order valence-electron chi connectivity index (χ3n) is 1.84. The predicted octanol–water partition coefficient (Wildman–Crippen LogP) is -0.615. The minimum absolute atomic E-state index is 0.341. The standard InChI is InChI=1S/C8H16N2O3/c1-8(6-12-8)7(11)13-9-4-5-10(2)3/h9H,4-6H2,1-3H3. The molecular formula is C8H16N2O3. The second-order valence-electron chi connectivity index (χ2n) is 3.61. The molecule has 76 valence electrons. The van der Waals surface area contributed by atoms with Crippen LogP contribution in [-0.2, 0) is 14.4 Å². The Kier molecular flexibility index (Phi) is 3.24. The van der Waals surface area contributed by atoms with E-state index in [2.05, 4.69) is 5.48 Å². The Labute approximate surface area is 77.9 Å². The number of carbonyl (C=O) groups excluding carboxylic acids is 1. The second-order valence-corrected chi connectivity index (χ2v) is 3.61. The average molecular weight is 188 g/mol. The van der Waals surface area contributed by atoms with Crippen molar-refractivity contribution in [1.29, 1.82) is 0 Å². The molecule has 5 heteroatoms. The van der Waals surface area contributed by atoms with Crippen molar-refractivity contribution < 1.29 is 14.4 Å². The molecule has 13 heavy (non-hydrogen) atoms. The van der Waals surface area contributed by atoms with E-state index in [1.165, 1.54) is 0 Å². The topological polar surface area (TPSA) is 54.1 Å². The lowest BCUT2D eigenvalue weighted by molar-refractivity contribution is -0.157. The van der Waals surface area contributed by atoms with Crippen molar-refractivity contribution >= 4 is 5.97 Å². The third kappa shape index (κ3) is 3.30. The van der Waals surface area contributed by atoms with Crippen molar-refractivity contribution in [2.75, 3.05) is 33.8 Å². The van der Waals surface area contributed by atoms with E-state index in [0.29, 0.717) is 13.2 Å². The van der Waals surface area contributed by atoms with E-state index in [9.17, 15) is 4.79 Å². The zero-order valence-corrected chi connectivity index (χ0v) is 8.29. The highest BCUT2D eigenvalue weighted by Gasteiger charge is 2.49. The SMILES string of the molecule is CN(C)CCNOC(=O)C1(C)CO1. The summed E-state index contributed by atoms with van der Waals surface area (Å²) < 4.78 is 4.91. The molecule has 1 unspecified atom stereocenters. The van der Waals surface area contributed by atoms with Crippen LogP contribution in [0, 0.1) is 0 Å². The predicted molar refractivity (Wildman–Crippen MR) is 47.0 cm³/mol. The first-order chi connectivity index (χ1) is 6.04. The number of hydrogen-bond acceptors (Lipinski definition) is 5. The largest absolute Gasteiger partial charge is 0.368 e. The van der Waals surface area contributed by atoms with Gasteiger partial charge in [-0.2, -0.15) is 5.48 Å². The molecule has 1 aliphatic heterocycles. The van der Waals surface area contributed by atoms with Crippen LogP contribution in [0.4, 0.5) is 0 Å². The van der Waals surface area contributed by atoms with Crippen LogP contribution >= 0.6 is 0 Å². The van der Waals surface area contributed by atoms with Gasteiger partial charge in [0.2, 0.25) is 0 Å².